The van der Waals surface area contributed by atoms with Gasteiger partial charge in [-0.1, -0.05) is 24.2 Å². The lowest BCUT2D eigenvalue weighted by molar-refractivity contribution is 0.0930. The Kier molecular flexibility index (Phi) is 3.76. The fourth-order valence-electron chi connectivity index (χ4n) is 2.92. The molecular formula is C18H18N4O3. The third-order valence-electron chi connectivity index (χ3n) is 4.38. The molecule has 0 saturated heterocycles. The van der Waals surface area contributed by atoms with Crippen LogP contribution in [0, 0.1) is 6.92 Å². The van der Waals surface area contributed by atoms with Crippen molar-refractivity contribution in [2.75, 3.05) is 6.61 Å². The highest BCUT2D eigenvalue weighted by Gasteiger charge is 2.27. The van der Waals surface area contributed by atoms with Gasteiger partial charge in [0.25, 0.3) is 5.91 Å². The molecule has 2 aromatic heterocycles. The summed E-state index contributed by atoms with van der Waals surface area (Å²) in [5, 5.41) is 13.7. The molecule has 1 aromatic carbocycles. The van der Waals surface area contributed by atoms with Crippen molar-refractivity contribution >= 4 is 5.91 Å². The van der Waals surface area contributed by atoms with Crippen LogP contribution in [-0.2, 0) is 6.42 Å². The summed E-state index contributed by atoms with van der Waals surface area (Å²) >= 11 is 0. The molecule has 0 saturated carbocycles. The molecule has 0 unspecified atom stereocenters. The number of rotatable bonds is 4. The lowest BCUT2D eigenvalue weighted by atomic mass is 10.0. The van der Waals surface area contributed by atoms with Crippen LogP contribution in [0.3, 0.4) is 0 Å². The summed E-state index contributed by atoms with van der Waals surface area (Å²) in [6.07, 6.45) is 2.33. The summed E-state index contributed by atoms with van der Waals surface area (Å²) in [5.74, 6) is 1.44. The molecule has 1 aliphatic rings. The molecule has 0 bridgehead atoms. The van der Waals surface area contributed by atoms with Gasteiger partial charge in [0.1, 0.15) is 23.8 Å². The fourth-order valence-corrected chi connectivity index (χ4v) is 2.92. The Hall–Kier alpha value is -3.09. The van der Waals surface area contributed by atoms with Crippen LogP contribution in [0.5, 0.6) is 5.75 Å². The lowest BCUT2D eigenvalue weighted by Crippen LogP contribution is -2.29. The zero-order chi connectivity index (χ0) is 17.4. The number of nitrogens with zero attached hydrogens (tertiary/aromatic N) is 2. The number of aromatic nitrogens is 3. The molecule has 0 aliphatic carbocycles. The summed E-state index contributed by atoms with van der Waals surface area (Å²) < 4.78 is 11.0. The summed E-state index contributed by atoms with van der Waals surface area (Å²) in [7, 11) is 0. The minimum absolute atomic E-state index is 0.166. The summed E-state index contributed by atoms with van der Waals surface area (Å²) in [5.41, 5.74) is 3.95. The summed E-state index contributed by atoms with van der Waals surface area (Å²) in [4.78, 5) is 12.4. The van der Waals surface area contributed by atoms with Crippen LogP contribution in [0.4, 0.5) is 0 Å². The standard InChI is InChI=1S/C18H18N4O3/c1-3-12-7-15(22-25-12)11-4-5-13-16(9-24-17(13)6-11)20-18(23)14-8-19-21-10(14)2/h4-8,16H,3,9H2,1-2H3,(H,19,21)(H,20,23)/t16-/m1/s1. The van der Waals surface area contributed by atoms with Gasteiger partial charge in [-0.3, -0.25) is 9.89 Å². The van der Waals surface area contributed by atoms with Gasteiger partial charge in [0.15, 0.2) is 0 Å². The van der Waals surface area contributed by atoms with Crippen molar-refractivity contribution in [3.63, 3.8) is 0 Å². The van der Waals surface area contributed by atoms with E-state index in [4.69, 9.17) is 9.26 Å². The highest BCUT2D eigenvalue weighted by Crippen LogP contribution is 2.36. The number of hydrogen-bond acceptors (Lipinski definition) is 5. The first-order valence-corrected chi connectivity index (χ1v) is 8.19. The molecule has 4 rings (SSSR count). The number of carbonyl (C=O) groups excluding carboxylic acids is 1. The van der Waals surface area contributed by atoms with Crippen molar-refractivity contribution in [1.29, 1.82) is 0 Å². The first-order chi connectivity index (χ1) is 12.2. The Morgan fingerprint density at radius 1 is 1.40 bits per heavy atom. The second kappa shape index (κ2) is 6.08. The Morgan fingerprint density at radius 2 is 2.28 bits per heavy atom. The van der Waals surface area contributed by atoms with Crippen LogP contribution in [0.2, 0.25) is 0 Å². The van der Waals surface area contributed by atoms with Gasteiger partial charge in [-0.25, -0.2) is 0 Å². The fraction of sp³-hybridized carbons (Fsp3) is 0.278. The van der Waals surface area contributed by atoms with Crippen molar-refractivity contribution in [1.82, 2.24) is 20.7 Å². The van der Waals surface area contributed by atoms with E-state index in [2.05, 4.69) is 20.7 Å². The van der Waals surface area contributed by atoms with Gasteiger partial charge in [-0.05, 0) is 13.0 Å². The van der Waals surface area contributed by atoms with Gasteiger partial charge in [0.2, 0.25) is 0 Å². The van der Waals surface area contributed by atoms with Gasteiger partial charge in [-0.2, -0.15) is 5.10 Å². The van der Waals surface area contributed by atoms with Crippen LogP contribution in [0.1, 0.15) is 40.3 Å². The second-order valence-electron chi connectivity index (χ2n) is 6.03. The number of aryl methyl sites for hydroxylation is 2. The predicted octanol–water partition coefficient (Wildman–Crippen LogP) is 2.80. The first kappa shape index (κ1) is 15.4. The minimum Gasteiger partial charge on any atom is -0.491 e. The maximum absolute atomic E-state index is 12.4. The summed E-state index contributed by atoms with van der Waals surface area (Å²) in [6, 6.07) is 7.60. The minimum atomic E-state index is -0.186. The maximum Gasteiger partial charge on any atom is 0.255 e. The van der Waals surface area contributed by atoms with Crippen LogP contribution in [0.25, 0.3) is 11.3 Å². The van der Waals surface area contributed by atoms with Crippen LogP contribution in [0.15, 0.2) is 35.0 Å². The molecule has 2 N–H and O–H groups in total. The third-order valence-corrected chi connectivity index (χ3v) is 4.38. The van der Waals surface area contributed by atoms with E-state index in [-0.39, 0.29) is 11.9 Å². The van der Waals surface area contributed by atoms with Crippen molar-refractivity contribution in [3.8, 4) is 17.0 Å². The van der Waals surface area contributed by atoms with E-state index in [1.165, 1.54) is 6.20 Å². The Bertz CT molecular complexity index is 928. The van der Waals surface area contributed by atoms with Gasteiger partial charge in [-0.15, -0.1) is 0 Å². The van der Waals surface area contributed by atoms with Crippen LogP contribution >= 0.6 is 0 Å². The number of amides is 1. The van der Waals surface area contributed by atoms with Crippen LogP contribution in [-0.4, -0.2) is 27.9 Å². The van der Waals surface area contributed by atoms with Gasteiger partial charge in [0.05, 0.1) is 17.8 Å². The Morgan fingerprint density at radius 3 is 3.00 bits per heavy atom. The van der Waals surface area contributed by atoms with Gasteiger partial charge < -0.3 is 14.6 Å². The largest absolute Gasteiger partial charge is 0.491 e. The summed E-state index contributed by atoms with van der Waals surface area (Å²) in [6.45, 7) is 4.24. The number of nitrogens with one attached hydrogen (secondary N) is 2. The van der Waals surface area contributed by atoms with E-state index in [1.807, 2.05) is 38.1 Å². The molecule has 0 spiro atoms. The molecule has 3 aromatic rings. The smallest absolute Gasteiger partial charge is 0.255 e. The van der Waals surface area contributed by atoms with Crippen molar-refractivity contribution in [3.05, 3.63) is 53.0 Å². The van der Waals surface area contributed by atoms with Crippen molar-refractivity contribution < 1.29 is 14.1 Å². The number of hydrogen-bond donors (Lipinski definition) is 2. The highest BCUT2D eigenvalue weighted by atomic mass is 16.5. The highest BCUT2D eigenvalue weighted by molar-refractivity contribution is 5.95. The average molecular weight is 338 g/mol. The van der Waals surface area contributed by atoms with Crippen LogP contribution < -0.4 is 10.1 Å². The van der Waals surface area contributed by atoms with E-state index in [0.717, 1.165) is 40.4 Å². The number of carbonyl (C=O) groups is 1. The molecule has 7 heteroatoms. The quantitative estimate of drug-likeness (QED) is 0.763. The number of H-pyrrole nitrogens is 1. The molecule has 1 aliphatic heterocycles. The van der Waals surface area contributed by atoms with Crippen molar-refractivity contribution in [2.24, 2.45) is 0 Å². The predicted molar refractivity (Wildman–Crippen MR) is 90.3 cm³/mol. The Labute approximate surface area is 144 Å². The SMILES string of the molecule is CCc1cc(-c2ccc3c(c2)OC[C@H]3NC(=O)c2cn[nH]c2C)no1. The molecule has 1 atom stereocenters. The molecule has 25 heavy (non-hydrogen) atoms. The molecule has 1 amide bonds. The monoisotopic (exact) mass is 338 g/mol. The first-order valence-electron chi connectivity index (χ1n) is 8.19. The van der Waals surface area contributed by atoms with E-state index >= 15 is 0 Å². The van der Waals surface area contributed by atoms with E-state index in [0.29, 0.717) is 12.2 Å². The number of fused-ring (bicyclic) bond motifs is 1. The number of ether oxygens (including phenoxy) is 1. The van der Waals surface area contributed by atoms with E-state index in [9.17, 15) is 4.79 Å². The topological polar surface area (TPSA) is 93.0 Å². The van der Waals surface area contributed by atoms with Gasteiger partial charge in [0, 0.05) is 29.3 Å². The van der Waals surface area contributed by atoms with Gasteiger partial charge >= 0.3 is 0 Å². The Balaban J connectivity index is 1.55. The molecule has 128 valence electrons. The molecule has 0 radical (unpaired) electrons. The molecule has 3 heterocycles. The molecular weight excluding hydrogens is 320 g/mol. The normalized spacial score (nSPS) is 15.7. The van der Waals surface area contributed by atoms with E-state index in [1.54, 1.807) is 0 Å². The lowest BCUT2D eigenvalue weighted by Gasteiger charge is -2.11. The number of aromatic amines is 1. The maximum atomic E-state index is 12.4. The third kappa shape index (κ3) is 2.77. The average Bonchev–Trinajstić information content (AvgIpc) is 3.34. The zero-order valence-electron chi connectivity index (χ0n) is 14.0. The van der Waals surface area contributed by atoms with Crippen molar-refractivity contribution in [2.45, 2.75) is 26.3 Å². The zero-order valence-corrected chi connectivity index (χ0v) is 14.0. The molecule has 7 nitrogen and oxygen atoms in total. The molecule has 0 fully saturated rings. The van der Waals surface area contributed by atoms with E-state index < -0.39 is 0 Å². The number of benzene rings is 1. The second-order valence-corrected chi connectivity index (χ2v) is 6.03.